The largest absolute Gasteiger partial charge is 0.478 e. The molecular weight excluding hydrogens is 396 g/mol. The first-order chi connectivity index (χ1) is 11.9. The van der Waals surface area contributed by atoms with Gasteiger partial charge in [0.2, 0.25) is 5.76 Å². The fourth-order valence-electron chi connectivity index (χ4n) is 2.87. The van der Waals surface area contributed by atoms with Gasteiger partial charge in [-0.2, -0.15) is 0 Å². The van der Waals surface area contributed by atoms with Crippen LogP contribution in [0.25, 0.3) is 0 Å². The van der Waals surface area contributed by atoms with E-state index in [1.165, 1.54) is 0 Å². The first kappa shape index (κ1) is 19.2. The van der Waals surface area contributed by atoms with Gasteiger partial charge in [0.05, 0.1) is 10.7 Å². The van der Waals surface area contributed by atoms with Crippen molar-refractivity contribution >= 4 is 33.8 Å². The smallest absolute Gasteiger partial charge is 0.328 e. The van der Waals surface area contributed by atoms with E-state index in [2.05, 4.69) is 20.8 Å². The molecule has 2 N–H and O–H groups in total. The molecule has 136 valence electrons. The van der Waals surface area contributed by atoms with Crippen molar-refractivity contribution in [2.75, 3.05) is 26.2 Å². The highest BCUT2D eigenvalue weighted by molar-refractivity contribution is 9.10. The van der Waals surface area contributed by atoms with Gasteiger partial charge in [-0.15, -0.1) is 0 Å². The van der Waals surface area contributed by atoms with Gasteiger partial charge in [-0.1, -0.05) is 0 Å². The molecule has 1 amide bonds. The Morgan fingerprint density at radius 1 is 1.08 bits per heavy atom. The average Bonchev–Trinajstić information content (AvgIpc) is 2.80. The SMILES string of the molecule is O=C(O)/C=C/C(=O)O.O=C(c1occc1Br)N1CCN2CCC1CC2. The van der Waals surface area contributed by atoms with Crippen LogP contribution in [0.1, 0.15) is 23.4 Å². The Morgan fingerprint density at radius 2 is 1.68 bits per heavy atom. The highest BCUT2D eigenvalue weighted by atomic mass is 79.9. The molecule has 9 heteroatoms. The number of furan rings is 1. The highest BCUT2D eigenvalue weighted by Crippen LogP contribution is 2.25. The lowest BCUT2D eigenvalue weighted by Gasteiger charge is -2.30. The number of hydrogen-bond donors (Lipinski definition) is 2. The molecule has 3 aliphatic heterocycles. The van der Waals surface area contributed by atoms with Gasteiger partial charge < -0.3 is 24.4 Å². The predicted octanol–water partition coefficient (Wildman–Crippen LogP) is 1.67. The van der Waals surface area contributed by atoms with Crippen LogP contribution in [0, 0.1) is 0 Å². The van der Waals surface area contributed by atoms with Crippen molar-refractivity contribution in [1.29, 1.82) is 0 Å². The van der Waals surface area contributed by atoms with Crippen LogP contribution in [0.4, 0.5) is 0 Å². The number of hydrogen-bond acceptors (Lipinski definition) is 5. The molecule has 0 spiro atoms. The number of rotatable bonds is 3. The number of carboxylic acids is 2. The molecule has 2 bridgehead atoms. The second-order valence-electron chi connectivity index (χ2n) is 5.68. The van der Waals surface area contributed by atoms with Crippen molar-refractivity contribution in [3.05, 3.63) is 34.7 Å². The summed E-state index contributed by atoms with van der Waals surface area (Å²) in [4.78, 5) is 35.9. The van der Waals surface area contributed by atoms with E-state index < -0.39 is 11.9 Å². The zero-order valence-electron chi connectivity index (χ0n) is 13.4. The van der Waals surface area contributed by atoms with Gasteiger partial charge in [0, 0.05) is 44.4 Å². The first-order valence-electron chi connectivity index (χ1n) is 7.78. The molecule has 0 aliphatic carbocycles. The molecule has 4 heterocycles. The van der Waals surface area contributed by atoms with Crippen molar-refractivity contribution in [3.63, 3.8) is 0 Å². The number of aliphatic carboxylic acids is 2. The van der Waals surface area contributed by atoms with Gasteiger partial charge in [-0.25, -0.2) is 9.59 Å². The molecule has 4 rings (SSSR count). The predicted molar refractivity (Wildman–Crippen MR) is 91.3 cm³/mol. The molecule has 0 atom stereocenters. The molecule has 0 unspecified atom stereocenters. The number of carbonyl (C=O) groups excluding carboxylic acids is 1. The number of piperidine rings is 1. The van der Waals surface area contributed by atoms with Gasteiger partial charge >= 0.3 is 11.9 Å². The molecule has 0 aromatic carbocycles. The number of carboxylic acid groups (broad SMARTS) is 2. The van der Waals surface area contributed by atoms with Crippen LogP contribution in [-0.2, 0) is 9.59 Å². The van der Waals surface area contributed by atoms with Crippen molar-refractivity contribution in [2.24, 2.45) is 0 Å². The van der Waals surface area contributed by atoms with Crippen LogP contribution in [0.3, 0.4) is 0 Å². The van der Waals surface area contributed by atoms with Crippen LogP contribution in [0.15, 0.2) is 33.4 Å². The van der Waals surface area contributed by atoms with Crippen LogP contribution >= 0.6 is 15.9 Å². The second-order valence-corrected chi connectivity index (χ2v) is 6.53. The molecule has 1 aromatic rings. The minimum Gasteiger partial charge on any atom is -0.478 e. The number of halogens is 1. The normalized spacial score (nSPS) is 22.2. The van der Waals surface area contributed by atoms with Gasteiger partial charge in [-0.3, -0.25) is 4.79 Å². The summed E-state index contributed by atoms with van der Waals surface area (Å²) in [6.45, 7) is 4.04. The van der Waals surface area contributed by atoms with Gasteiger partial charge in [0.25, 0.3) is 5.91 Å². The fourth-order valence-corrected chi connectivity index (χ4v) is 3.24. The van der Waals surface area contributed by atoms with E-state index in [1.807, 2.05) is 4.90 Å². The zero-order valence-corrected chi connectivity index (χ0v) is 15.0. The second kappa shape index (κ2) is 8.82. The maximum Gasteiger partial charge on any atom is 0.328 e. The third kappa shape index (κ3) is 5.43. The molecule has 0 saturated carbocycles. The number of nitrogens with zero attached hydrogens (tertiary/aromatic N) is 2. The summed E-state index contributed by atoms with van der Waals surface area (Å²) in [5.41, 5.74) is 0. The van der Waals surface area contributed by atoms with E-state index in [4.69, 9.17) is 14.6 Å². The van der Waals surface area contributed by atoms with Gasteiger partial charge in [0.1, 0.15) is 0 Å². The molecule has 1 aromatic heterocycles. The van der Waals surface area contributed by atoms with E-state index in [1.54, 1.807) is 12.3 Å². The fraction of sp³-hybridized carbons (Fsp3) is 0.438. The lowest BCUT2D eigenvalue weighted by atomic mass is 10.1. The van der Waals surface area contributed by atoms with E-state index in [9.17, 15) is 14.4 Å². The molecule has 8 nitrogen and oxygen atoms in total. The van der Waals surface area contributed by atoms with E-state index >= 15 is 0 Å². The van der Waals surface area contributed by atoms with E-state index in [0.29, 0.717) is 24.0 Å². The lowest BCUT2D eigenvalue weighted by Crippen LogP contribution is -2.41. The summed E-state index contributed by atoms with van der Waals surface area (Å²) < 4.78 is 6.03. The summed E-state index contributed by atoms with van der Waals surface area (Å²) >= 11 is 3.35. The first-order valence-corrected chi connectivity index (χ1v) is 8.58. The zero-order chi connectivity index (χ0) is 18.4. The quantitative estimate of drug-likeness (QED) is 0.723. The van der Waals surface area contributed by atoms with E-state index in [-0.39, 0.29) is 5.91 Å². The van der Waals surface area contributed by atoms with E-state index in [0.717, 1.165) is 43.5 Å². The molecule has 3 aliphatic rings. The summed E-state index contributed by atoms with van der Waals surface area (Å²) in [6, 6.07) is 2.16. The standard InChI is InChI=1S/C12H15BrN2O2.C4H4O4/c13-10-3-8-17-11(10)12(16)15-7-6-14-4-1-9(15)2-5-14;5-3(6)1-2-4(7)8/h3,8-9H,1-2,4-7H2;1-2H,(H,5,6)(H,7,8)/b;2-1+. The number of fused-ring (bicyclic) bond motifs is 4. The van der Waals surface area contributed by atoms with Crippen molar-refractivity contribution in [1.82, 2.24) is 9.80 Å². The number of amides is 1. The van der Waals surface area contributed by atoms with Crippen molar-refractivity contribution < 1.29 is 29.0 Å². The summed E-state index contributed by atoms with van der Waals surface area (Å²) in [7, 11) is 0. The lowest BCUT2D eigenvalue weighted by molar-refractivity contribution is -0.134. The minimum absolute atomic E-state index is 0.0237. The van der Waals surface area contributed by atoms with Gasteiger partial charge in [-0.05, 0) is 34.8 Å². The topological polar surface area (TPSA) is 111 Å². The Hall–Kier alpha value is -2.13. The average molecular weight is 415 g/mol. The Bertz CT molecular complexity index is 647. The Balaban J connectivity index is 0.000000242. The summed E-state index contributed by atoms with van der Waals surface area (Å²) in [5, 5.41) is 15.6. The van der Waals surface area contributed by atoms with Gasteiger partial charge in [0.15, 0.2) is 0 Å². The minimum atomic E-state index is -1.26. The number of carbonyl (C=O) groups is 3. The molecule has 0 radical (unpaired) electrons. The monoisotopic (exact) mass is 414 g/mol. The van der Waals surface area contributed by atoms with Crippen LogP contribution in [-0.4, -0.2) is 70.1 Å². The van der Waals surface area contributed by atoms with Crippen molar-refractivity contribution in [2.45, 2.75) is 18.9 Å². The summed E-state index contributed by atoms with van der Waals surface area (Å²) in [6.07, 6.45) is 4.84. The Morgan fingerprint density at radius 3 is 2.16 bits per heavy atom. The Labute approximate surface area is 152 Å². The molecular formula is C16H19BrN2O6. The van der Waals surface area contributed by atoms with Crippen molar-refractivity contribution in [3.8, 4) is 0 Å². The third-order valence-corrected chi connectivity index (χ3v) is 4.72. The Kier molecular flexibility index (Phi) is 6.77. The molecule has 25 heavy (non-hydrogen) atoms. The summed E-state index contributed by atoms with van der Waals surface area (Å²) in [5.74, 6) is -2.05. The van der Waals surface area contributed by atoms with Crippen LogP contribution in [0.5, 0.6) is 0 Å². The maximum atomic E-state index is 12.4. The van der Waals surface area contributed by atoms with Crippen LogP contribution in [0.2, 0.25) is 0 Å². The maximum absolute atomic E-state index is 12.4. The highest BCUT2D eigenvalue weighted by Gasteiger charge is 2.33. The third-order valence-electron chi connectivity index (χ3n) is 4.10. The van der Waals surface area contributed by atoms with Crippen LogP contribution < -0.4 is 0 Å². The molecule has 3 fully saturated rings. The molecule has 3 saturated heterocycles.